The van der Waals surface area contributed by atoms with Crippen LogP contribution in [0.1, 0.15) is 30.8 Å². The van der Waals surface area contributed by atoms with Crippen molar-refractivity contribution in [2.75, 3.05) is 23.0 Å². The van der Waals surface area contributed by atoms with Gasteiger partial charge in [-0.3, -0.25) is 0 Å². The first-order valence-corrected chi connectivity index (χ1v) is 8.17. The molecular formula is C12H20N2OS2. The summed E-state index contributed by atoms with van der Waals surface area (Å²) in [4.78, 5) is 8.16. The number of anilines is 1. The number of hydrogen-bond acceptors (Lipinski definition) is 5. The summed E-state index contributed by atoms with van der Waals surface area (Å²) in [6.45, 7) is 5.62. The van der Waals surface area contributed by atoms with Gasteiger partial charge in [-0.2, -0.15) is 11.8 Å². The zero-order valence-electron chi connectivity index (χ0n) is 10.5. The average Bonchev–Trinajstić information content (AvgIpc) is 2.73. The Bertz CT molecular complexity index is 367. The van der Waals surface area contributed by atoms with Gasteiger partial charge in [0, 0.05) is 24.1 Å². The van der Waals surface area contributed by atoms with Gasteiger partial charge in [0.1, 0.15) is 0 Å². The lowest BCUT2D eigenvalue weighted by Gasteiger charge is -2.32. The van der Waals surface area contributed by atoms with Gasteiger partial charge in [-0.05, 0) is 13.3 Å². The number of aliphatic hydroxyl groups is 1. The Morgan fingerprint density at radius 3 is 3.00 bits per heavy atom. The largest absolute Gasteiger partial charge is 0.391 e. The smallest absolute Gasteiger partial charge is 0.186 e. The van der Waals surface area contributed by atoms with E-state index >= 15 is 0 Å². The SMILES string of the molecule is CCCc1nc(N2CCSCC2C)sc1CO. The lowest BCUT2D eigenvalue weighted by atomic mass is 10.2. The van der Waals surface area contributed by atoms with Gasteiger partial charge in [0.2, 0.25) is 0 Å². The molecule has 0 radical (unpaired) electrons. The van der Waals surface area contributed by atoms with Crippen molar-refractivity contribution in [1.82, 2.24) is 4.98 Å². The molecule has 0 bridgehead atoms. The fourth-order valence-corrected chi connectivity index (χ4v) is 4.17. The van der Waals surface area contributed by atoms with E-state index in [1.807, 2.05) is 11.8 Å². The first kappa shape index (κ1) is 13.2. The number of aliphatic hydroxyl groups excluding tert-OH is 1. The van der Waals surface area contributed by atoms with Gasteiger partial charge >= 0.3 is 0 Å². The standard InChI is InChI=1S/C12H20N2OS2/c1-3-4-10-11(7-15)17-12(13-10)14-5-6-16-8-9(14)2/h9,15H,3-8H2,1-2H3. The molecule has 1 aliphatic rings. The maximum absolute atomic E-state index is 9.37. The van der Waals surface area contributed by atoms with Crippen molar-refractivity contribution in [2.24, 2.45) is 0 Å². The minimum atomic E-state index is 0.129. The third-order valence-corrected chi connectivity index (χ3v) is 5.32. The maximum Gasteiger partial charge on any atom is 0.186 e. The van der Waals surface area contributed by atoms with Gasteiger partial charge in [0.15, 0.2) is 5.13 Å². The van der Waals surface area contributed by atoms with Crippen LogP contribution in [-0.4, -0.2) is 34.2 Å². The number of rotatable bonds is 4. The van der Waals surface area contributed by atoms with E-state index in [4.69, 9.17) is 4.98 Å². The number of nitrogens with zero attached hydrogens (tertiary/aromatic N) is 2. The van der Waals surface area contributed by atoms with E-state index in [-0.39, 0.29) is 6.61 Å². The average molecular weight is 272 g/mol. The maximum atomic E-state index is 9.37. The molecule has 0 saturated carbocycles. The highest BCUT2D eigenvalue weighted by molar-refractivity contribution is 7.99. The summed E-state index contributed by atoms with van der Waals surface area (Å²) in [6, 6.07) is 0.556. The Balaban J connectivity index is 2.19. The summed E-state index contributed by atoms with van der Waals surface area (Å²) in [7, 11) is 0. The molecule has 5 heteroatoms. The lowest BCUT2D eigenvalue weighted by molar-refractivity contribution is 0.284. The zero-order valence-corrected chi connectivity index (χ0v) is 12.1. The summed E-state index contributed by atoms with van der Waals surface area (Å²) in [5.41, 5.74) is 1.10. The van der Waals surface area contributed by atoms with Crippen LogP contribution in [0, 0.1) is 0 Å². The molecule has 3 nitrogen and oxygen atoms in total. The second-order valence-corrected chi connectivity index (χ2v) is 6.60. The van der Waals surface area contributed by atoms with Gasteiger partial charge in [0.25, 0.3) is 0 Å². The van der Waals surface area contributed by atoms with Gasteiger partial charge in [-0.1, -0.05) is 24.7 Å². The van der Waals surface area contributed by atoms with Crippen molar-refractivity contribution in [3.05, 3.63) is 10.6 Å². The molecule has 0 aliphatic carbocycles. The Hall–Kier alpha value is -0.260. The van der Waals surface area contributed by atoms with E-state index in [9.17, 15) is 5.11 Å². The molecule has 2 heterocycles. The van der Waals surface area contributed by atoms with Crippen molar-refractivity contribution < 1.29 is 5.11 Å². The fraction of sp³-hybridized carbons (Fsp3) is 0.750. The molecule has 1 aliphatic heterocycles. The Morgan fingerprint density at radius 2 is 2.35 bits per heavy atom. The predicted molar refractivity (Wildman–Crippen MR) is 76.2 cm³/mol. The third kappa shape index (κ3) is 2.95. The number of hydrogen-bond donors (Lipinski definition) is 1. The first-order chi connectivity index (χ1) is 8.26. The molecule has 17 heavy (non-hydrogen) atoms. The molecule has 0 aromatic carbocycles. The van der Waals surface area contributed by atoms with Crippen LogP contribution in [0.3, 0.4) is 0 Å². The molecule has 1 atom stereocenters. The van der Waals surface area contributed by atoms with Crippen molar-refractivity contribution in [2.45, 2.75) is 39.3 Å². The van der Waals surface area contributed by atoms with Crippen molar-refractivity contribution in [1.29, 1.82) is 0 Å². The van der Waals surface area contributed by atoms with E-state index in [1.165, 1.54) is 11.5 Å². The van der Waals surface area contributed by atoms with Crippen LogP contribution in [-0.2, 0) is 13.0 Å². The summed E-state index contributed by atoms with van der Waals surface area (Å²) in [5.74, 6) is 2.36. The van der Waals surface area contributed by atoms with Gasteiger partial charge < -0.3 is 10.0 Å². The highest BCUT2D eigenvalue weighted by Gasteiger charge is 2.22. The molecule has 2 rings (SSSR count). The molecule has 1 saturated heterocycles. The topological polar surface area (TPSA) is 36.4 Å². The van der Waals surface area contributed by atoms with Crippen LogP contribution in [0.4, 0.5) is 5.13 Å². The summed E-state index contributed by atoms with van der Waals surface area (Å²) < 4.78 is 0. The van der Waals surface area contributed by atoms with Crippen LogP contribution in [0.2, 0.25) is 0 Å². The van der Waals surface area contributed by atoms with Crippen LogP contribution in [0.15, 0.2) is 0 Å². The molecule has 1 aromatic heterocycles. The van der Waals surface area contributed by atoms with E-state index in [1.54, 1.807) is 11.3 Å². The highest BCUT2D eigenvalue weighted by Crippen LogP contribution is 2.31. The quantitative estimate of drug-likeness (QED) is 0.914. The molecule has 96 valence electrons. The van der Waals surface area contributed by atoms with Crippen molar-refractivity contribution in [3.63, 3.8) is 0 Å². The van der Waals surface area contributed by atoms with Gasteiger partial charge in [-0.25, -0.2) is 4.98 Å². The third-order valence-electron chi connectivity index (χ3n) is 3.01. The predicted octanol–water partition coefficient (Wildman–Crippen LogP) is 2.53. The zero-order chi connectivity index (χ0) is 12.3. The van der Waals surface area contributed by atoms with Crippen LogP contribution < -0.4 is 4.90 Å². The Labute approximate surface area is 111 Å². The molecule has 1 N–H and O–H groups in total. The monoisotopic (exact) mass is 272 g/mol. The molecule has 0 spiro atoms. The first-order valence-electron chi connectivity index (χ1n) is 6.20. The van der Waals surface area contributed by atoms with E-state index in [0.29, 0.717) is 6.04 Å². The number of aryl methyl sites for hydroxylation is 1. The van der Waals surface area contributed by atoms with Crippen LogP contribution in [0.25, 0.3) is 0 Å². The molecule has 1 unspecified atom stereocenters. The second kappa shape index (κ2) is 6.07. The number of thiazole rings is 1. The van der Waals surface area contributed by atoms with E-state index in [2.05, 4.69) is 18.7 Å². The number of aromatic nitrogens is 1. The normalized spacial score (nSPS) is 20.9. The summed E-state index contributed by atoms with van der Waals surface area (Å²) in [5, 5.41) is 10.5. The highest BCUT2D eigenvalue weighted by atomic mass is 32.2. The van der Waals surface area contributed by atoms with Crippen molar-refractivity contribution >= 4 is 28.2 Å². The van der Waals surface area contributed by atoms with Crippen LogP contribution in [0.5, 0.6) is 0 Å². The minimum absolute atomic E-state index is 0.129. The number of thioether (sulfide) groups is 1. The minimum Gasteiger partial charge on any atom is -0.391 e. The molecule has 0 amide bonds. The van der Waals surface area contributed by atoms with E-state index in [0.717, 1.165) is 35.1 Å². The lowest BCUT2D eigenvalue weighted by Crippen LogP contribution is -2.40. The molecule has 1 fully saturated rings. The summed E-state index contributed by atoms with van der Waals surface area (Å²) in [6.07, 6.45) is 2.06. The van der Waals surface area contributed by atoms with Crippen LogP contribution >= 0.6 is 23.1 Å². The second-order valence-electron chi connectivity index (χ2n) is 4.39. The van der Waals surface area contributed by atoms with Gasteiger partial charge in [-0.15, -0.1) is 0 Å². The molecular weight excluding hydrogens is 252 g/mol. The Morgan fingerprint density at radius 1 is 1.53 bits per heavy atom. The van der Waals surface area contributed by atoms with E-state index < -0.39 is 0 Å². The Kier molecular flexibility index (Phi) is 4.70. The summed E-state index contributed by atoms with van der Waals surface area (Å²) >= 11 is 3.68. The fourth-order valence-electron chi connectivity index (χ4n) is 2.06. The van der Waals surface area contributed by atoms with Crippen molar-refractivity contribution in [3.8, 4) is 0 Å². The van der Waals surface area contributed by atoms with Gasteiger partial charge in [0.05, 0.1) is 17.2 Å². The molecule has 1 aromatic rings.